The Morgan fingerprint density at radius 2 is 1.93 bits per heavy atom. The molecule has 3 aromatic rings. The summed E-state index contributed by atoms with van der Waals surface area (Å²) in [6.07, 6.45) is 6.91. The van der Waals surface area contributed by atoms with Crippen molar-refractivity contribution in [2.24, 2.45) is 5.92 Å². The second-order valence-corrected chi connectivity index (χ2v) is 7.84. The molecule has 0 aliphatic carbocycles. The Morgan fingerprint density at radius 1 is 1.14 bits per heavy atom. The summed E-state index contributed by atoms with van der Waals surface area (Å²) in [5.74, 6) is 2.33. The predicted octanol–water partition coefficient (Wildman–Crippen LogP) is 4.44. The molecule has 29 heavy (non-hydrogen) atoms. The van der Waals surface area contributed by atoms with Crippen LogP contribution in [-0.4, -0.2) is 34.0 Å². The number of hydrogen-bond acceptors (Lipinski definition) is 5. The summed E-state index contributed by atoms with van der Waals surface area (Å²) in [7, 11) is 0. The van der Waals surface area contributed by atoms with Crippen LogP contribution in [0.25, 0.3) is 11.6 Å². The molecule has 0 atom stereocenters. The van der Waals surface area contributed by atoms with Gasteiger partial charge in [-0.3, -0.25) is 4.79 Å². The van der Waals surface area contributed by atoms with Gasteiger partial charge < -0.3 is 13.8 Å². The maximum Gasteiger partial charge on any atom is 0.238 e. The Labute approximate surface area is 170 Å². The number of amides is 1. The number of aromatic nitrogens is 2. The molecule has 1 saturated heterocycles. The van der Waals surface area contributed by atoms with Gasteiger partial charge in [0, 0.05) is 25.9 Å². The highest BCUT2D eigenvalue weighted by atomic mass is 16.5. The van der Waals surface area contributed by atoms with E-state index in [9.17, 15) is 4.79 Å². The van der Waals surface area contributed by atoms with Gasteiger partial charge in [-0.2, -0.15) is 4.98 Å². The molecule has 152 valence electrons. The first-order valence-corrected chi connectivity index (χ1v) is 10.4. The second-order valence-electron chi connectivity index (χ2n) is 7.84. The Balaban J connectivity index is 1.18. The van der Waals surface area contributed by atoms with Crippen molar-refractivity contribution in [3.8, 4) is 11.6 Å². The van der Waals surface area contributed by atoms with Crippen LogP contribution in [0.15, 0.2) is 51.6 Å². The molecule has 0 bridgehead atoms. The Morgan fingerprint density at radius 3 is 2.66 bits per heavy atom. The van der Waals surface area contributed by atoms with Gasteiger partial charge in [0.15, 0.2) is 5.76 Å². The van der Waals surface area contributed by atoms with Gasteiger partial charge in [-0.15, -0.1) is 0 Å². The number of rotatable bonds is 7. The lowest BCUT2D eigenvalue weighted by molar-refractivity contribution is -0.132. The highest BCUT2D eigenvalue weighted by Crippen LogP contribution is 2.23. The van der Waals surface area contributed by atoms with Crippen molar-refractivity contribution in [3.05, 3.63) is 59.7 Å². The van der Waals surface area contributed by atoms with E-state index in [1.54, 1.807) is 18.4 Å². The molecular weight excluding hydrogens is 366 g/mol. The summed E-state index contributed by atoms with van der Waals surface area (Å²) in [4.78, 5) is 18.8. The van der Waals surface area contributed by atoms with Crippen LogP contribution in [0.4, 0.5) is 0 Å². The van der Waals surface area contributed by atoms with Gasteiger partial charge in [0.1, 0.15) is 0 Å². The fourth-order valence-corrected chi connectivity index (χ4v) is 3.83. The van der Waals surface area contributed by atoms with Crippen molar-refractivity contribution in [2.45, 2.75) is 45.4 Å². The molecule has 4 rings (SSSR count). The van der Waals surface area contributed by atoms with Crippen LogP contribution >= 0.6 is 0 Å². The summed E-state index contributed by atoms with van der Waals surface area (Å²) in [5, 5.41) is 3.90. The SMILES string of the molecule is Cc1ccc(CCC2CCN(C(=O)CCc3nc(-c4ccco4)no3)CC2)cc1. The fourth-order valence-electron chi connectivity index (χ4n) is 3.83. The molecule has 0 spiro atoms. The first kappa shape index (κ1) is 19.4. The fraction of sp³-hybridized carbons (Fsp3) is 0.435. The number of carbonyl (C=O) groups excluding carboxylic acids is 1. The van der Waals surface area contributed by atoms with Crippen LogP contribution in [0.1, 0.15) is 42.7 Å². The van der Waals surface area contributed by atoms with Gasteiger partial charge in [0.25, 0.3) is 0 Å². The zero-order valence-electron chi connectivity index (χ0n) is 16.8. The number of carbonyl (C=O) groups is 1. The van der Waals surface area contributed by atoms with E-state index in [4.69, 9.17) is 8.94 Å². The van der Waals surface area contributed by atoms with Gasteiger partial charge >= 0.3 is 0 Å². The molecule has 1 amide bonds. The van der Waals surface area contributed by atoms with Crippen molar-refractivity contribution < 1.29 is 13.7 Å². The summed E-state index contributed by atoms with van der Waals surface area (Å²) in [6, 6.07) is 12.4. The molecule has 0 unspecified atom stereocenters. The molecule has 0 N–H and O–H groups in total. The zero-order valence-corrected chi connectivity index (χ0v) is 16.8. The van der Waals surface area contributed by atoms with E-state index >= 15 is 0 Å². The monoisotopic (exact) mass is 393 g/mol. The van der Waals surface area contributed by atoms with Crippen molar-refractivity contribution in [1.82, 2.24) is 15.0 Å². The topological polar surface area (TPSA) is 72.4 Å². The largest absolute Gasteiger partial charge is 0.461 e. The van der Waals surface area contributed by atoms with Crippen LogP contribution < -0.4 is 0 Å². The lowest BCUT2D eigenvalue weighted by atomic mass is 9.90. The van der Waals surface area contributed by atoms with Gasteiger partial charge in [-0.05, 0) is 56.2 Å². The molecule has 1 aliphatic rings. The lowest BCUT2D eigenvalue weighted by Crippen LogP contribution is -2.38. The summed E-state index contributed by atoms with van der Waals surface area (Å²) in [6.45, 7) is 3.81. The number of benzene rings is 1. The number of furan rings is 1. The van der Waals surface area contributed by atoms with Crippen molar-refractivity contribution in [3.63, 3.8) is 0 Å². The number of piperidine rings is 1. The quantitative estimate of drug-likeness (QED) is 0.593. The zero-order chi connectivity index (χ0) is 20.1. The normalized spacial score (nSPS) is 15.0. The smallest absolute Gasteiger partial charge is 0.238 e. The average molecular weight is 393 g/mol. The van der Waals surface area contributed by atoms with Crippen molar-refractivity contribution in [2.75, 3.05) is 13.1 Å². The third kappa shape index (κ3) is 5.13. The van der Waals surface area contributed by atoms with Crippen molar-refractivity contribution >= 4 is 5.91 Å². The van der Waals surface area contributed by atoms with Crippen LogP contribution in [0.3, 0.4) is 0 Å². The Hall–Kier alpha value is -2.89. The van der Waals surface area contributed by atoms with Gasteiger partial charge in [0.05, 0.1) is 6.26 Å². The molecule has 6 nitrogen and oxygen atoms in total. The highest BCUT2D eigenvalue weighted by Gasteiger charge is 2.23. The van der Waals surface area contributed by atoms with Crippen molar-refractivity contribution in [1.29, 1.82) is 0 Å². The van der Waals surface area contributed by atoms with Crippen LogP contribution in [0.2, 0.25) is 0 Å². The van der Waals surface area contributed by atoms with E-state index in [0.717, 1.165) is 32.4 Å². The minimum absolute atomic E-state index is 0.166. The maximum atomic E-state index is 12.5. The number of hydrogen-bond donors (Lipinski definition) is 0. The Kier molecular flexibility index (Phi) is 6.08. The van der Waals surface area contributed by atoms with Crippen LogP contribution in [0.5, 0.6) is 0 Å². The maximum absolute atomic E-state index is 12.5. The first-order chi connectivity index (χ1) is 14.2. The van der Waals surface area contributed by atoms with E-state index < -0.39 is 0 Å². The molecule has 1 aliphatic heterocycles. The lowest BCUT2D eigenvalue weighted by Gasteiger charge is -2.32. The molecular formula is C23H27N3O3. The van der Waals surface area contributed by atoms with Crippen LogP contribution in [-0.2, 0) is 17.6 Å². The summed E-state index contributed by atoms with van der Waals surface area (Å²) < 4.78 is 10.5. The number of likely N-dealkylation sites (tertiary alicyclic amines) is 1. The second kappa shape index (κ2) is 9.07. The molecule has 1 aromatic carbocycles. The van der Waals surface area contributed by atoms with Crippen LogP contribution in [0, 0.1) is 12.8 Å². The minimum Gasteiger partial charge on any atom is -0.461 e. The summed E-state index contributed by atoms with van der Waals surface area (Å²) >= 11 is 0. The van der Waals surface area contributed by atoms with Gasteiger partial charge in [0.2, 0.25) is 17.6 Å². The minimum atomic E-state index is 0.166. The third-order valence-corrected chi connectivity index (χ3v) is 5.69. The molecule has 2 aromatic heterocycles. The van der Waals surface area contributed by atoms with Gasteiger partial charge in [-0.1, -0.05) is 35.0 Å². The third-order valence-electron chi connectivity index (χ3n) is 5.69. The van der Waals surface area contributed by atoms with E-state index in [1.807, 2.05) is 4.90 Å². The standard InChI is InChI=1S/C23H27N3O3/c1-17-4-6-18(7-5-17)8-9-19-12-14-26(15-13-19)22(27)11-10-21-24-23(25-29-21)20-3-2-16-28-20/h2-7,16,19H,8-15H2,1H3. The van der Waals surface area contributed by atoms with E-state index in [1.165, 1.54) is 17.5 Å². The molecule has 6 heteroatoms. The Bertz CT molecular complexity index is 907. The number of aryl methyl sites for hydroxylation is 3. The first-order valence-electron chi connectivity index (χ1n) is 10.4. The molecule has 3 heterocycles. The average Bonchev–Trinajstić information content (AvgIpc) is 3.44. The number of nitrogens with zero attached hydrogens (tertiary/aromatic N) is 3. The molecule has 0 saturated carbocycles. The van der Waals surface area contributed by atoms with Gasteiger partial charge in [-0.25, -0.2) is 0 Å². The van der Waals surface area contributed by atoms with E-state index in [-0.39, 0.29) is 5.91 Å². The highest BCUT2D eigenvalue weighted by molar-refractivity contribution is 5.76. The summed E-state index contributed by atoms with van der Waals surface area (Å²) in [5.41, 5.74) is 2.71. The predicted molar refractivity (Wildman–Crippen MR) is 109 cm³/mol. The van der Waals surface area contributed by atoms with E-state index in [0.29, 0.717) is 36.2 Å². The molecule has 1 fully saturated rings. The van der Waals surface area contributed by atoms with E-state index in [2.05, 4.69) is 41.3 Å². The molecule has 0 radical (unpaired) electrons.